The smallest absolute Gasteiger partial charge is 0.227 e. The van der Waals surface area contributed by atoms with E-state index in [1.54, 1.807) is 23.1 Å². The van der Waals surface area contributed by atoms with Gasteiger partial charge in [-0.05, 0) is 43.0 Å². The highest BCUT2D eigenvalue weighted by molar-refractivity contribution is 5.92. The van der Waals surface area contributed by atoms with Crippen molar-refractivity contribution < 1.29 is 14.0 Å². The molecule has 2 aromatic rings. The van der Waals surface area contributed by atoms with Crippen molar-refractivity contribution in [1.82, 2.24) is 4.90 Å². The molecule has 0 atom stereocenters. The maximum absolute atomic E-state index is 13.6. The first kappa shape index (κ1) is 18.1. The van der Waals surface area contributed by atoms with E-state index in [0.717, 1.165) is 5.69 Å². The van der Waals surface area contributed by atoms with Crippen LogP contribution in [-0.4, -0.2) is 29.8 Å². The highest BCUT2D eigenvalue weighted by atomic mass is 19.1. The average Bonchev–Trinajstić information content (AvgIpc) is 2.68. The molecule has 0 bridgehead atoms. The predicted octanol–water partition coefficient (Wildman–Crippen LogP) is 3.64. The number of para-hydroxylation sites is 1. The second kappa shape index (κ2) is 8.61. The lowest BCUT2D eigenvalue weighted by molar-refractivity contribution is -0.134. The fourth-order valence-corrected chi connectivity index (χ4v) is 3.26. The van der Waals surface area contributed by atoms with Gasteiger partial charge in [-0.25, -0.2) is 4.39 Å². The van der Waals surface area contributed by atoms with Gasteiger partial charge in [0.25, 0.3) is 0 Å². The Balaban J connectivity index is 1.45. The zero-order valence-corrected chi connectivity index (χ0v) is 14.7. The number of carbonyl (C=O) groups excluding carboxylic acids is 2. The van der Waals surface area contributed by atoms with Crippen molar-refractivity contribution in [2.75, 3.05) is 18.4 Å². The van der Waals surface area contributed by atoms with Crippen LogP contribution >= 0.6 is 0 Å². The molecule has 1 saturated heterocycles. The molecule has 0 saturated carbocycles. The number of halogens is 1. The Morgan fingerprint density at radius 3 is 2.35 bits per heavy atom. The van der Waals surface area contributed by atoms with E-state index in [0.29, 0.717) is 44.3 Å². The van der Waals surface area contributed by atoms with E-state index in [4.69, 9.17) is 0 Å². The van der Waals surface area contributed by atoms with Gasteiger partial charge in [0.05, 0.1) is 0 Å². The SMILES string of the molecule is O=C(Nc1ccccc1)C1CCN(C(=O)CCc2ccccc2F)CC1. The van der Waals surface area contributed by atoms with Crippen molar-refractivity contribution in [2.45, 2.75) is 25.7 Å². The van der Waals surface area contributed by atoms with Crippen LogP contribution in [0, 0.1) is 11.7 Å². The van der Waals surface area contributed by atoms with E-state index in [2.05, 4.69) is 5.32 Å². The van der Waals surface area contributed by atoms with Crippen LogP contribution in [-0.2, 0) is 16.0 Å². The van der Waals surface area contributed by atoms with Gasteiger partial charge >= 0.3 is 0 Å². The second-order valence-electron chi connectivity index (χ2n) is 6.60. The summed E-state index contributed by atoms with van der Waals surface area (Å²) in [6.07, 6.45) is 2.01. The van der Waals surface area contributed by atoms with E-state index in [1.165, 1.54) is 6.07 Å². The summed E-state index contributed by atoms with van der Waals surface area (Å²) in [7, 11) is 0. The largest absolute Gasteiger partial charge is 0.343 e. The minimum Gasteiger partial charge on any atom is -0.343 e. The molecule has 0 aliphatic carbocycles. The third kappa shape index (κ3) is 4.69. The summed E-state index contributed by atoms with van der Waals surface area (Å²) in [4.78, 5) is 26.5. The third-order valence-corrected chi connectivity index (χ3v) is 4.83. The predicted molar refractivity (Wildman–Crippen MR) is 99.1 cm³/mol. The highest BCUT2D eigenvalue weighted by Gasteiger charge is 2.27. The first-order valence-electron chi connectivity index (χ1n) is 9.00. The fraction of sp³-hybridized carbons (Fsp3) is 0.333. The van der Waals surface area contributed by atoms with Gasteiger partial charge in [-0.3, -0.25) is 9.59 Å². The van der Waals surface area contributed by atoms with Crippen molar-refractivity contribution in [1.29, 1.82) is 0 Å². The first-order chi connectivity index (χ1) is 12.6. The van der Waals surface area contributed by atoms with Gasteiger partial charge in [0, 0.05) is 31.1 Å². The molecule has 0 spiro atoms. The lowest BCUT2D eigenvalue weighted by Gasteiger charge is -2.31. The molecular weight excluding hydrogens is 331 g/mol. The molecule has 1 aliphatic rings. The Morgan fingerprint density at radius 1 is 1.00 bits per heavy atom. The summed E-state index contributed by atoms with van der Waals surface area (Å²) in [5, 5.41) is 2.92. The summed E-state index contributed by atoms with van der Waals surface area (Å²) in [6, 6.07) is 15.9. The molecule has 2 amide bonds. The van der Waals surface area contributed by atoms with Crippen LogP contribution in [0.1, 0.15) is 24.8 Å². The number of nitrogens with zero attached hydrogens (tertiary/aromatic N) is 1. The maximum atomic E-state index is 13.6. The van der Waals surface area contributed by atoms with Crippen LogP contribution in [0.25, 0.3) is 0 Å². The Bertz CT molecular complexity index is 756. The number of carbonyl (C=O) groups is 2. The number of likely N-dealkylation sites (tertiary alicyclic amines) is 1. The van der Waals surface area contributed by atoms with E-state index in [1.807, 2.05) is 30.3 Å². The van der Waals surface area contributed by atoms with Crippen LogP contribution in [0.2, 0.25) is 0 Å². The summed E-state index contributed by atoms with van der Waals surface area (Å²) in [5.41, 5.74) is 1.36. The summed E-state index contributed by atoms with van der Waals surface area (Å²) in [5.74, 6) is -0.313. The van der Waals surface area contributed by atoms with Crippen molar-refractivity contribution in [3.05, 3.63) is 66.0 Å². The number of piperidine rings is 1. The number of hydrogen-bond acceptors (Lipinski definition) is 2. The van der Waals surface area contributed by atoms with Crippen molar-refractivity contribution in [2.24, 2.45) is 5.92 Å². The topological polar surface area (TPSA) is 49.4 Å². The van der Waals surface area contributed by atoms with E-state index in [9.17, 15) is 14.0 Å². The van der Waals surface area contributed by atoms with Crippen LogP contribution in [0.3, 0.4) is 0 Å². The average molecular weight is 354 g/mol. The molecule has 0 unspecified atom stereocenters. The maximum Gasteiger partial charge on any atom is 0.227 e. The number of nitrogens with one attached hydrogen (secondary N) is 1. The first-order valence-corrected chi connectivity index (χ1v) is 9.00. The van der Waals surface area contributed by atoms with Crippen LogP contribution < -0.4 is 5.32 Å². The minimum atomic E-state index is -0.267. The lowest BCUT2D eigenvalue weighted by Crippen LogP contribution is -2.41. The molecule has 1 aliphatic heterocycles. The standard InChI is InChI=1S/C21H23FN2O2/c22-19-9-5-4-6-16(19)10-11-20(25)24-14-12-17(13-15-24)21(26)23-18-7-2-1-3-8-18/h1-9,17H,10-15H2,(H,23,26). The lowest BCUT2D eigenvalue weighted by atomic mass is 9.95. The van der Waals surface area contributed by atoms with Gasteiger partial charge in [0.1, 0.15) is 5.82 Å². The van der Waals surface area contributed by atoms with Gasteiger partial charge in [-0.2, -0.15) is 0 Å². The Hall–Kier alpha value is -2.69. The fourth-order valence-electron chi connectivity index (χ4n) is 3.26. The molecule has 0 aromatic heterocycles. The van der Waals surface area contributed by atoms with E-state index < -0.39 is 0 Å². The van der Waals surface area contributed by atoms with Crippen molar-refractivity contribution in [3.8, 4) is 0 Å². The number of amides is 2. The molecule has 26 heavy (non-hydrogen) atoms. The monoisotopic (exact) mass is 354 g/mol. The zero-order valence-electron chi connectivity index (χ0n) is 14.7. The van der Waals surface area contributed by atoms with Crippen LogP contribution in [0.15, 0.2) is 54.6 Å². The highest BCUT2D eigenvalue weighted by Crippen LogP contribution is 2.20. The molecule has 136 valence electrons. The second-order valence-corrected chi connectivity index (χ2v) is 6.60. The normalized spacial score (nSPS) is 14.9. The van der Waals surface area contributed by atoms with Crippen molar-refractivity contribution in [3.63, 3.8) is 0 Å². The summed E-state index contributed by atoms with van der Waals surface area (Å²) >= 11 is 0. The Labute approximate surface area is 153 Å². The van der Waals surface area contributed by atoms with Crippen LogP contribution in [0.4, 0.5) is 10.1 Å². The number of aryl methyl sites for hydroxylation is 1. The molecule has 1 N–H and O–H groups in total. The van der Waals surface area contributed by atoms with Crippen LogP contribution in [0.5, 0.6) is 0 Å². The van der Waals surface area contributed by atoms with Gasteiger partial charge < -0.3 is 10.2 Å². The van der Waals surface area contributed by atoms with Crippen molar-refractivity contribution >= 4 is 17.5 Å². The quantitative estimate of drug-likeness (QED) is 0.891. The number of rotatable bonds is 5. The minimum absolute atomic E-state index is 0.00894. The summed E-state index contributed by atoms with van der Waals surface area (Å²) in [6.45, 7) is 1.14. The molecule has 4 nitrogen and oxygen atoms in total. The molecular formula is C21H23FN2O2. The number of benzene rings is 2. The van der Waals surface area contributed by atoms with Gasteiger partial charge in [-0.1, -0.05) is 36.4 Å². The molecule has 5 heteroatoms. The number of hydrogen-bond donors (Lipinski definition) is 1. The van der Waals surface area contributed by atoms with Gasteiger partial charge in [0.2, 0.25) is 11.8 Å². The molecule has 3 rings (SSSR count). The number of anilines is 1. The molecule has 1 fully saturated rings. The molecule has 2 aromatic carbocycles. The van der Waals surface area contributed by atoms with E-state index in [-0.39, 0.29) is 23.5 Å². The summed E-state index contributed by atoms with van der Waals surface area (Å²) < 4.78 is 13.6. The Kier molecular flexibility index (Phi) is 6.00. The third-order valence-electron chi connectivity index (χ3n) is 4.83. The zero-order chi connectivity index (χ0) is 18.4. The van der Waals surface area contributed by atoms with Gasteiger partial charge in [-0.15, -0.1) is 0 Å². The van der Waals surface area contributed by atoms with Gasteiger partial charge in [0.15, 0.2) is 0 Å². The Morgan fingerprint density at radius 2 is 1.65 bits per heavy atom. The molecule has 1 heterocycles. The van der Waals surface area contributed by atoms with E-state index >= 15 is 0 Å². The molecule has 0 radical (unpaired) electrons.